The Hall–Kier alpha value is -1.81. The van der Waals surface area contributed by atoms with Gasteiger partial charge in [0, 0.05) is 18.0 Å². The van der Waals surface area contributed by atoms with E-state index in [1.165, 1.54) is 11.3 Å². The molecule has 1 amide bonds. The first kappa shape index (κ1) is 22.9. The number of nitrogens with zero attached hydrogens (tertiary/aromatic N) is 2. The van der Waals surface area contributed by atoms with E-state index in [2.05, 4.69) is 19.9 Å². The third-order valence-electron chi connectivity index (χ3n) is 5.63. The highest BCUT2D eigenvalue weighted by Gasteiger charge is 2.28. The van der Waals surface area contributed by atoms with Gasteiger partial charge in [0.05, 0.1) is 16.6 Å². The summed E-state index contributed by atoms with van der Waals surface area (Å²) in [5.74, 6) is 0.0863. The number of sulfonamides is 1. The molecule has 1 aliphatic rings. The fraction of sp³-hybridized carbons (Fsp3) is 0.524. The van der Waals surface area contributed by atoms with Crippen LogP contribution in [-0.4, -0.2) is 49.9 Å². The Morgan fingerprint density at radius 2 is 1.97 bits per heavy atom. The van der Waals surface area contributed by atoms with Crippen molar-refractivity contribution in [3.63, 3.8) is 0 Å². The topological polar surface area (TPSA) is 91.4 Å². The molecular weight excluding hydrogens is 420 g/mol. The van der Waals surface area contributed by atoms with Crippen LogP contribution in [0.5, 0.6) is 0 Å². The van der Waals surface area contributed by atoms with Gasteiger partial charge in [0.25, 0.3) is 0 Å². The van der Waals surface area contributed by atoms with Crippen LogP contribution in [0.1, 0.15) is 35.9 Å². The van der Waals surface area contributed by atoms with E-state index in [4.69, 9.17) is 0 Å². The Kier molecular flexibility index (Phi) is 7.28. The van der Waals surface area contributed by atoms with Crippen molar-refractivity contribution in [3.05, 3.63) is 40.4 Å². The Morgan fingerprint density at radius 1 is 1.27 bits per heavy atom. The Bertz CT molecular complexity index is 967. The molecule has 2 heterocycles. The summed E-state index contributed by atoms with van der Waals surface area (Å²) in [6.45, 7) is 9.60. The molecule has 7 nitrogen and oxygen atoms in total. The van der Waals surface area contributed by atoms with Crippen molar-refractivity contribution >= 4 is 32.4 Å². The zero-order chi connectivity index (χ0) is 21.9. The van der Waals surface area contributed by atoms with Gasteiger partial charge in [0.2, 0.25) is 15.9 Å². The smallest absolute Gasteiger partial charge is 0.243 e. The fourth-order valence-electron chi connectivity index (χ4n) is 3.55. The highest BCUT2D eigenvalue weighted by molar-refractivity contribution is 7.89. The van der Waals surface area contributed by atoms with Crippen molar-refractivity contribution < 1.29 is 13.2 Å². The minimum atomic E-state index is -3.53. The van der Waals surface area contributed by atoms with Gasteiger partial charge in [-0.15, -0.1) is 11.3 Å². The summed E-state index contributed by atoms with van der Waals surface area (Å²) in [5.41, 5.74) is 1.95. The Morgan fingerprint density at radius 3 is 2.60 bits per heavy atom. The summed E-state index contributed by atoms with van der Waals surface area (Å²) in [7, 11) is -3.53. The lowest BCUT2D eigenvalue weighted by Crippen LogP contribution is -2.48. The van der Waals surface area contributed by atoms with E-state index >= 15 is 0 Å². The summed E-state index contributed by atoms with van der Waals surface area (Å²) in [6.07, 6.45) is 1.87. The van der Waals surface area contributed by atoms with Crippen LogP contribution in [-0.2, 0) is 14.8 Å². The Balaban J connectivity index is 1.55. The van der Waals surface area contributed by atoms with Crippen LogP contribution in [0.15, 0.2) is 29.2 Å². The van der Waals surface area contributed by atoms with Gasteiger partial charge in [-0.3, -0.25) is 9.69 Å². The molecule has 1 saturated heterocycles. The maximum absolute atomic E-state index is 12.7. The third-order valence-corrected chi connectivity index (χ3v) is 8.06. The highest BCUT2D eigenvalue weighted by atomic mass is 32.2. The molecule has 2 atom stereocenters. The predicted octanol–water partition coefficient (Wildman–Crippen LogP) is 3.09. The summed E-state index contributed by atoms with van der Waals surface area (Å²) < 4.78 is 27.8. The van der Waals surface area contributed by atoms with Crippen LogP contribution in [0.3, 0.4) is 0 Å². The van der Waals surface area contributed by atoms with E-state index in [9.17, 15) is 13.2 Å². The quantitative estimate of drug-likeness (QED) is 0.676. The molecule has 30 heavy (non-hydrogen) atoms. The summed E-state index contributed by atoms with van der Waals surface area (Å²) in [4.78, 5) is 20.5. The van der Waals surface area contributed by atoms with E-state index in [0.29, 0.717) is 18.2 Å². The predicted molar refractivity (Wildman–Crippen MR) is 120 cm³/mol. The minimum Gasteiger partial charge on any atom is -0.301 e. The molecule has 1 aromatic heterocycles. The largest absolute Gasteiger partial charge is 0.301 e. The fourth-order valence-corrected chi connectivity index (χ4v) is 5.48. The monoisotopic (exact) mass is 450 g/mol. The zero-order valence-electron chi connectivity index (χ0n) is 17.9. The average molecular weight is 451 g/mol. The number of rotatable bonds is 7. The van der Waals surface area contributed by atoms with Gasteiger partial charge in [0.1, 0.15) is 0 Å². The molecule has 1 fully saturated rings. The first-order valence-electron chi connectivity index (χ1n) is 10.2. The number of hydrogen-bond donors (Lipinski definition) is 2. The number of amides is 1. The van der Waals surface area contributed by atoms with E-state index in [-0.39, 0.29) is 22.8 Å². The molecular formula is C21H30N4O3S2. The van der Waals surface area contributed by atoms with Crippen molar-refractivity contribution in [2.45, 2.75) is 51.5 Å². The first-order valence-corrected chi connectivity index (χ1v) is 12.5. The molecule has 0 spiro atoms. The number of carbonyl (C=O) groups is 1. The van der Waals surface area contributed by atoms with Crippen LogP contribution in [0, 0.1) is 26.7 Å². The molecule has 3 rings (SSSR count). The van der Waals surface area contributed by atoms with Gasteiger partial charge in [-0.2, -0.15) is 0 Å². The molecule has 0 radical (unpaired) electrons. The number of hydrogen-bond acceptors (Lipinski definition) is 6. The van der Waals surface area contributed by atoms with Crippen molar-refractivity contribution in [2.24, 2.45) is 5.92 Å². The molecule has 9 heteroatoms. The maximum Gasteiger partial charge on any atom is 0.243 e. The van der Waals surface area contributed by atoms with E-state index in [0.717, 1.165) is 35.5 Å². The van der Waals surface area contributed by atoms with Crippen LogP contribution in [0.25, 0.3) is 0 Å². The van der Waals surface area contributed by atoms with Crippen LogP contribution < -0.4 is 10.0 Å². The van der Waals surface area contributed by atoms with Crippen LogP contribution >= 0.6 is 11.3 Å². The van der Waals surface area contributed by atoms with Gasteiger partial charge < -0.3 is 5.32 Å². The number of benzene rings is 1. The number of carbonyl (C=O) groups excluding carboxylic acids is 1. The number of thiazole rings is 1. The number of aryl methyl sites for hydroxylation is 3. The number of anilines is 1. The highest BCUT2D eigenvalue weighted by Crippen LogP contribution is 2.23. The van der Waals surface area contributed by atoms with Gasteiger partial charge in [-0.1, -0.05) is 17.7 Å². The lowest BCUT2D eigenvalue weighted by atomic mass is 9.97. The lowest BCUT2D eigenvalue weighted by Gasteiger charge is -2.36. The van der Waals surface area contributed by atoms with Crippen molar-refractivity contribution in [1.29, 1.82) is 0 Å². The molecule has 164 valence electrons. The molecule has 2 N–H and O–H groups in total. The van der Waals surface area contributed by atoms with Crippen molar-refractivity contribution in [3.8, 4) is 0 Å². The van der Waals surface area contributed by atoms with Crippen molar-refractivity contribution in [2.75, 3.05) is 25.0 Å². The van der Waals surface area contributed by atoms with E-state index in [1.54, 1.807) is 24.3 Å². The molecule has 1 aliphatic heterocycles. The normalized spacial score (nSPS) is 18.9. The summed E-state index contributed by atoms with van der Waals surface area (Å²) in [5, 5.41) is 3.54. The third kappa shape index (κ3) is 5.66. The summed E-state index contributed by atoms with van der Waals surface area (Å²) >= 11 is 1.48. The molecule has 0 bridgehead atoms. The second-order valence-electron chi connectivity index (χ2n) is 7.99. The molecule has 2 aromatic rings. The lowest BCUT2D eigenvalue weighted by molar-refractivity contribution is -0.121. The average Bonchev–Trinajstić information content (AvgIpc) is 3.03. The van der Waals surface area contributed by atoms with Crippen molar-refractivity contribution in [1.82, 2.24) is 14.6 Å². The van der Waals surface area contributed by atoms with Gasteiger partial charge in [0.15, 0.2) is 5.13 Å². The molecule has 1 aromatic carbocycles. The Labute approximate surface area is 183 Å². The summed E-state index contributed by atoms with van der Waals surface area (Å²) in [6, 6.07) is 6.54. The first-order chi connectivity index (χ1) is 14.2. The molecule has 0 aliphatic carbocycles. The second kappa shape index (κ2) is 9.55. The molecule has 2 unspecified atom stereocenters. The minimum absolute atomic E-state index is 0.0790. The SMILES string of the molecule is Cc1ccc(S(=O)(=O)NCC2CCCN(C(C)C(=O)Nc3nc(C)c(C)s3)C2)cc1. The number of piperidine rings is 1. The second-order valence-corrected chi connectivity index (χ2v) is 11.0. The van der Waals surface area contributed by atoms with E-state index < -0.39 is 10.0 Å². The zero-order valence-corrected chi connectivity index (χ0v) is 19.6. The van der Waals surface area contributed by atoms with Crippen LogP contribution in [0.2, 0.25) is 0 Å². The van der Waals surface area contributed by atoms with Gasteiger partial charge >= 0.3 is 0 Å². The number of nitrogens with one attached hydrogen (secondary N) is 2. The van der Waals surface area contributed by atoms with Crippen LogP contribution in [0.4, 0.5) is 5.13 Å². The number of aromatic nitrogens is 1. The number of likely N-dealkylation sites (tertiary alicyclic amines) is 1. The van der Waals surface area contributed by atoms with E-state index in [1.807, 2.05) is 27.7 Å². The standard InChI is InChI=1S/C21H30N4O3S2/c1-14-7-9-19(10-8-14)30(27,28)22-12-18-6-5-11-25(13-18)16(3)20(26)24-21-23-15(2)17(4)29-21/h7-10,16,18,22H,5-6,11-13H2,1-4H3,(H,23,24,26). The van der Waals surface area contributed by atoms with Gasteiger partial charge in [-0.25, -0.2) is 18.1 Å². The molecule has 0 saturated carbocycles. The maximum atomic E-state index is 12.7. The van der Waals surface area contributed by atoms with Gasteiger partial charge in [-0.05, 0) is 65.1 Å².